The summed E-state index contributed by atoms with van der Waals surface area (Å²) in [7, 11) is -2.08. The second-order valence-electron chi connectivity index (χ2n) is 5.67. The Kier molecular flexibility index (Phi) is 3.92. The van der Waals surface area contributed by atoms with Crippen LogP contribution >= 0.6 is 0 Å². The molecule has 2 heterocycles. The SMILES string of the molecule is Cc1cccc(NS(=O)(=O)c2cnoc2-c2cn(C)nc2C)c1C. The summed E-state index contributed by atoms with van der Waals surface area (Å²) >= 11 is 0. The maximum Gasteiger partial charge on any atom is 0.267 e. The highest BCUT2D eigenvalue weighted by Gasteiger charge is 2.26. The molecule has 3 aromatic rings. The Balaban J connectivity index is 2.05. The highest BCUT2D eigenvalue weighted by Crippen LogP contribution is 2.31. The predicted octanol–water partition coefficient (Wildman–Crippen LogP) is 2.80. The molecule has 0 fully saturated rings. The van der Waals surface area contributed by atoms with E-state index in [9.17, 15) is 8.42 Å². The van der Waals surface area contributed by atoms with E-state index in [2.05, 4.69) is 15.0 Å². The minimum absolute atomic E-state index is 0.0143. The Morgan fingerprint density at radius 2 is 1.96 bits per heavy atom. The highest BCUT2D eigenvalue weighted by atomic mass is 32.2. The van der Waals surface area contributed by atoms with Crippen molar-refractivity contribution in [3.05, 3.63) is 47.4 Å². The van der Waals surface area contributed by atoms with Gasteiger partial charge in [-0.1, -0.05) is 17.3 Å². The summed E-state index contributed by atoms with van der Waals surface area (Å²) in [6, 6.07) is 5.46. The highest BCUT2D eigenvalue weighted by molar-refractivity contribution is 7.92. The molecule has 3 rings (SSSR count). The van der Waals surface area contributed by atoms with Gasteiger partial charge in [-0.05, 0) is 38.0 Å². The smallest absolute Gasteiger partial charge is 0.267 e. The van der Waals surface area contributed by atoms with Gasteiger partial charge < -0.3 is 4.52 Å². The summed E-state index contributed by atoms with van der Waals surface area (Å²) in [5, 5.41) is 7.88. The zero-order valence-corrected chi connectivity index (χ0v) is 14.7. The molecule has 0 bridgehead atoms. The summed E-state index contributed by atoms with van der Waals surface area (Å²) in [4.78, 5) is -0.0143. The molecule has 0 aliphatic rings. The van der Waals surface area contributed by atoms with Gasteiger partial charge in [0.15, 0.2) is 10.7 Å². The number of benzene rings is 1. The van der Waals surface area contributed by atoms with Crippen LogP contribution in [-0.2, 0) is 17.1 Å². The van der Waals surface area contributed by atoms with Crippen molar-refractivity contribution in [1.29, 1.82) is 0 Å². The molecule has 0 amide bonds. The number of aryl methyl sites for hydroxylation is 3. The lowest BCUT2D eigenvalue weighted by atomic mass is 10.1. The topological polar surface area (TPSA) is 90.0 Å². The summed E-state index contributed by atoms with van der Waals surface area (Å²) < 4.78 is 35.0. The molecule has 0 spiro atoms. The summed E-state index contributed by atoms with van der Waals surface area (Å²) in [6.07, 6.45) is 2.90. The molecule has 7 nitrogen and oxygen atoms in total. The van der Waals surface area contributed by atoms with Crippen LogP contribution in [0.4, 0.5) is 5.69 Å². The summed E-state index contributed by atoms with van der Waals surface area (Å²) in [5.41, 5.74) is 3.67. The van der Waals surface area contributed by atoms with Crippen LogP contribution in [0.15, 0.2) is 40.0 Å². The van der Waals surface area contributed by atoms with Gasteiger partial charge >= 0.3 is 0 Å². The normalized spacial score (nSPS) is 11.7. The molecule has 0 aliphatic heterocycles. The van der Waals surface area contributed by atoms with Crippen molar-refractivity contribution in [1.82, 2.24) is 14.9 Å². The van der Waals surface area contributed by atoms with Gasteiger partial charge in [0.2, 0.25) is 0 Å². The Labute approximate surface area is 140 Å². The Bertz CT molecular complexity index is 1000. The van der Waals surface area contributed by atoms with Gasteiger partial charge in [-0.25, -0.2) is 8.42 Å². The molecular weight excluding hydrogens is 328 g/mol. The van der Waals surface area contributed by atoms with Crippen molar-refractivity contribution in [3.8, 4) is 11.3 Å². The van der Waals surface area contributed by atoms with Gasteiger partial charge in [0.25, 0.3) is 10.0 Å². The zero-order chi connectivity index (χ0) is 17.5. The molecule has 0 radical (unpaired) electrons. The second kappa shape index (κ2) is 5.79. The van der Waals surface area contributed by atoms with Crippen LogP contribution in [0.3, 0.4) is 0 Å². The van der Waals surface area contributed by atoms with E-state index in [4.69, 9.17) is 4.52 Å². The molecule has 0 unspecified atom stereocenters. The fraction of sp³-hybridized carbons (Fsp3) is 0.250. The van der Waals surface area contributed by atoms with Crippen LogP contribution in [0.25, 0.3) is 11.3 Å². The fourth-order valence-corrected chi connectivity index (χ4v) is 3.68. The molecule has 0 saturated carbocycles. The third kappa shape index (κ3) is 2.80. The monoisotopic (exact) mass is 346 g/mol. The summed E-state index contributed by atoms with van der Waals surface area (Å²) in [5.74, 6) is 0.179. The van der Waals surface area contributed by atoms with E-state index >= 15 is 0 Å². The van der Waals surface area contributed by atoms with Gasteiger partial charge in [0.05, 0.1) is 23.1 Å². The van der Waals surface area contributed by atoms with Crippen LogP contribution in [0.2, 0.25) is 0 Å². The molecular formula is C16H18N4O3S. The number of aromatic nitrogens is 3. The third-order valence-electron chi connectivity index (χ3n) is 3.93. The van der Waals surface area contributed by atoms with Crippen molar-refractivity contribution in [2.45, 2.75) is 25.7 Å². The number of nitrogens with zero attached hydrogens (tertiary/aromatic N) is 3. The van der Waals surface area contributed by atoms with Crippen LogP contribution in [0.5, 0.6) is 0 Å². The maximum absolute atomic E-state index is 12.8. The second-order valence-corrected chi connectivity index (χ2v) is 7.32. The lowest BCUT2D eigenvalue weighted by Crippen LogP contribution is -2.14. The standard InChI is InChI=1S/C16H18N4O3S/c1-10-6-5-7-14(11(10)2)19-24(21,22)15-8-17-23-16(15)13-9-20(4)18-12(13)3/h5-9,19H,1-4H3. The Morgan fingerprint density at radius 3 is 2.62 bits per heavy atom. The van der Waals surface area contributed by atoms with E-state index in [1.54, 1.807) is 37.0 Å². The minimum Gasteiger partial charge on any atom is -0.355 e. The van der Waals surface area contributed by atoms with Crippen molar-refractivity contribution in [2.75, 3.05) is 4.72 Å². The molecule has 0 saturated heterocycles. The number of hydrogen-bond donors (Lipinski definition) is 1. The van der Waals surface area contributed by atoms with E-state index < -0.39 is 10.0 Å². The lowest BCUT2D eigenvalue weighted by molar-refractivity contribution is 0.430. The van der Waals surface area contributed by atoms with Crippen LogP contribution < -0.4 is 4.72 Å². The lowest BCUT2D eigenvalue weighted by Gasteiger charge is -2.11. The van der Waals surface area contributed by atoms with Gasteiger partial charge in [0, 0.05) is 13.2 Å². The number of hydrogen-bond acceptors (Lipinski definition) is 5. The maximum atomic E-state index is 12.8. The van der Waals surface area contributed by atoms with E-state index in [0.717, 1.165) is 11.1 Å². The fourth-order valence-electron chi connectivity index (χ4n) is 2.49. The van der Waals surface area contributed by atoms with Gasteiger partial charge in [0.1, 0.15) is 0 Å². The molecule has 2 aromatic heterocycles. The van der Waals surface area contributed by atoms with E-state index in [1.807, 2.05) is 19.9 Å². The molecule has 8 heteroatoms. The van der Waals surface area contributed by atoms with E-state index in [-0.39, 0.29) is 10.7 Å². The van der Waals surface area contributed by atoms with E-state index in [1.165, 1.54) is 6.20 Å². The van der Waals surface area contributed by atoms with Gasteiger partial charge in [-0.3, -0.25) is 9.40 Å². The quantitative estimate of drug-likeness (QED) is 0.784. The van der Waals surface area contributed by atoms with Gasteiger partial charge in [-0.2, -0.15) is 5.10 Å². The molecule has 1 N–H and O–H groups in total. The van der Waals surface area contributed by atoms with Crippen molar-refractivity contribution in [3.63, 3.8) is 0 Å². The first kappa shape index (κ1) is 16.3. The first-order valence-corrected chi connectivity index (χ1v) is 8.82. The number of rotatable bonds is 4. The zero-order valence-electron chi connectivity index (χ0n) is 13.9. The number of sulfonamides is 1. The molecule has 126 valence electrons. The molecule has 24 heavy (non-hydrogen) atoms. The average Bonchev–Trinajstić information content (AvgIpc) is 3.10. The minimum atomic E-state index is -3.84. The Hall–Kier alpha value is -2.61. The van der Waals surface area contributed by atoms with E-state index in [0.29, 0.717) is 16.9 Å². The van der Waals surface area contributed by atoms with Crippen LogP contribution in [0, 0.1) is 20.8 Å². The van der Waals surface area contributed by atoms with Crippen molar-refractivity contribution >= 4 is 15.7 Å². The average molecular weight is 346 g/mol. The molecule has 0 aliphatic carbocycles. The number of anilines is 1. The predicted molar refractivity (Wildman–Crippen MR) is 90.2 cm³/mol. The van der Waals surface area contributed by atoms with Crippen LogP contribution in [-0.4, -0.2) is 23.4 Å². The number of nitrogens with one attached hydrogen (secondary N) is 1. The largest absolute Gasteiger partial charge is 0.355 e. The van der Waals surface area contributed by atoms with Crippen molar-refractivity contribution in [2.24, 2.45) is 7.05 Å². The molecule has 1 aromatic carbocycles. The third-order valence-corrected chi connectivity index (χ3v) is 5.29. The van der Waals surface area contributed by atoms with Crippen LogP contribution in [0.1, 0.15) is 16.8 Å². The van der Waals surface area contributed by atoms with Crippen molar-refractivity contribution < 1.29 is 12.9 Å². The van der Waals surface area contributed by atoms with Gasteiger partial charge in [-0.15, -0.1) is 0 Å². The summed E-state index contributed by atoms with van der Waals surface area (Å²) in [6.45, 7) is 5.58. The first-order valence-electron chi connectivity index (χ1n) is 7.34. The first-order chi connectivity index (χ1) is 11.3. The Morgan fingerprint density at radius 1 is 1.21 bits per heavy atom. The molecule has 0 atom stereocenters.